The number of hydrogen-bond acceptors (Lipinski definition) is 4. The second-order valence-electron chi connectivity index (χ2n) is 4.39. The van der Waals surface area contributed by atoms with Crippen LogP contribution in [-0.4, -0.2) is 44.5 Å². The first kappa shape index (κ1) is 17.9. The Labute approximate surface area is 135 Å². The van der Waals surface area contributed by atoms with Crippen LogP contribution in [0.3, 0.4) is 0 Å². The molecule has 0 heterocycles. The van der Waals surface area contributed by atoms with Crippen LogP contribution in [0.15, 0.2) is 24.3 Å². The molecule has 0 bridgehead atoms. The molecule has 0 saturated carbocycles. The van der Waals surface area contributed by atoms with Crippen LogP contribution in [0.2, 0.25) is 0 Å². The molecule has 0 aromatic heterocycles. The molecule has 0 amide bonds. The van der Waals surface area contributed by atoms with Crippen LogP contribution in [0, 0.1) is 0 Å². The van der Waals surface area contributed by atoms with Gasteiger partial charge in [0, 0.05) is 37.0 Å². The van der Waals surface area contributed by atoms with Gasteiger partial charge in [-0.05, 0) is 30.7 Å². The standard InChI is InChI=1S/C15H21Cl2NO3/c1-20-15(19)3-2-12-21-14-6-4-13(5-7-14)18(10-8-16)11-9-17/h4-7H,2-3,8-12H2,1H3. The number of carbonyl (C=O) groups excluding carboxylic acids is 1. The monoisotopic (exact) mass is 333 g/mol. The van der Waals surface area contributed by atoms with E-state index in [1.807, 2.05) is 24.3 Å². The van der Waals surface area contributed by atoms with E-state index < -0.39 is 0 Å². The summed E-state index contributed by atoms with van der Waals surface area (Å²) < 4.78 is 10.1. The van der Waals surface area contributed by atoms with Crippen molar-refractivity contribution >= 4 is 34.9 Å². The first-order valence-electron chi connectivity index (χ1n) is 6.87. The van der Waals surface area contributed by atoms with E-state index in [-0.39, 0.29) is 5.97 Å². The van der Waals surface area contributed by atoms with Crippen LogP contribution in [0.25, 0.3) is 0 Å². The Morgan fingerprint density at radius 2 is 1.76 bits per heavy atom. The third-order valence-electron chi connectivity index (χ3n) is 2.93. The molecule has 0 spiro atoms. The third-order valence-corrected chi connectivity index (χ3v) is 3.27. The average Bonchev–Trinajstić information content (AvgIpc) is 2.51. The largest absolute Gasteiger partial charge is 0.494 e. The lowest BCUT2D eigenvalue weighted by Crippen LogP contribution is -2.27. The highest BCUT2D eigenvalue weighted by molar-refractivity contribution is 6.18. The highest BCUT2D eigenvalue weighted by Crippen LogP contribution is 2.19. The molecule has 6 heteroatoms. The SMILES string of the molecule is COC(=O)CCCOc1ccc(N(CCCl)CCCl)cc1. The van der Waals surface area contributed by atoms with Crippen molar-refractivity contribution in [3.63, 3.8) is 0 Å². The normalized spacial score (nSPS) is 10.2. The number of esters is 1. The average molecular weight is 334 g/mol. The van der Waals surface area contributed by atoms with Gasteiger partial charge in [0.15, 0.2) is 0 Å². The van der Waals surface area contributed by atoms with Gasteiger partial charge in [0.25, 0.3) is 0 Å². The van der Waals surface area contributed by atoms with E-state index >= 15 is 0 Å². The molecule has 0 aliphatic rings. The van der Waals surface area contributed by atoms with Crippen molar-refractivity contribution in [1.82, 2.24) is 0 Å². The number of ether oxygens (including phenoxy) is 2. The van der Waals surface area contributed by atoms with Gasteiger partial charge in [0.1, 0.15) is 5.75 Å². The Morgan fingerprint density at radius 3 is 2.29 bits per heavy atom. The molecule has 0 radical (unpaired) electrons. The number of benzene rings is 1. The molecule has 0 saturated heterocycles. The predicted molar refractivity (Wildman–Crippen MR) is 86.8 cm³/mol. The second kappa shape index (κ2) is 10.6. The van der Waals surface area contributed by atoms with E-state index in [0.29, 0.717) is 31.2 Å². The highest BCUT2D eigenvalue weighted by Gasteiger charge is 2.05. The van der Waals surface area contributed by atoms with Crippen LogP contribution < -0.4 is 9.64 Å². The summed E-state index contributed by atoms with van der Waals surface area (Å²) in [5.74, 6) is 1.68. The van der Waals surface area contributed by atoms with E-state index in [4.69, 9.17) is 27.9 Å². The van der Waals surface area contributed by atoms with E-state index in [9.17, 15) is 4.79 Å². The van der Waals surface area contributed by atoms with E-state index in [1.165, 1.54) is 7.11 Å². The van der Waals surface area contributed by atoms with Gasteiger partial charge >= 0.3 is 5.97 Å². The van der Waals surface area contributed by atoms with Crippen LogP contribution in [0.1, 0.15) is 12.8 Å². The van der Waals surface area contributed by atoms with Gasteiger partial charge in [-0.25, -0.2) is 0 Å². The minimum atomic E-state index is -0.216. The Balaban J connectivity index is 2.43. The minimum Gasteiger partial charge on any atom is -0.494 e. The van der Waals surface area contributed by atoms with E-state index in [1.54, 1.807) is 0 Å². The molecule has 1 aromatic rings. The number of carbonyl (C=O) groups is 1. The molecule has 0 aliphatic carbocycles. The van der Waals surface area contributed by atoms with Crippen molar-refractivity contribution in [1.29, 1.82) is 0 Å². The number of hydrogen-bond donors (Lipinski definition) is 0. The van der Waals surface area contributed by atoms with Crippen LogP contribution in [0.4, 0.5) is 5.69 Å². The summed E-state index contributed by atoms with van der Waals surface area (Å²) in [4.78, 5) is 13.1. The number of rotatable bonds is 10. The maximum atomic E-state index is 11.0. The third kappa shape index (κ3) is 6.91. The maximum absolute atomic E-state index is 11.0. The molecule has 4 nitrogen and oxygen atoms in total. The Hall–Kier alpha value is -1.13. The molecule has 1 aromatic carbocycles. The summed E-state index contributed by atoms with van der Waals surface area (Å²) in [6, 6.07) is 7.77. The molecule has 0 fully saturated rings. The number of alkyl halides is 2. The zero-order chi connectivity index (χ0) is 15.5. The van der Waals surface area contributed by atoms with Crippen LogP contribution in [-0.2, 0) is 9.53 Å². The predicted octanol–water partition coefficient (Wildman–Crippen LogP) is 3.30. The second-order valence-corrected chi connectivity index (χ2v) is 5.14. The fraction of sp³-hybridized carbons (Fsp3) is 0.533. The van der Waals surface area contributed by atoms with E-state index in [0.717, 1.165) is 24.5 Å². The van der Waals surface area contributed by atoms with Crippen molar-refractivity contribution in [2.75, 3.05) is 43.5 Å². The number of methoxy groups -OCH3 is 1. The van der Waals surface area contributed by atoms with Gasteiger partial charge < -0.3 is 14.4 Å². The number of anilines is 1. The summed E-state index contributed by atoms with van der Waals surface area (Å²) in [6.45, 7) is 2.00. The number of nitrogens with zero attached hydrogens (tertiary/aromatic N) is 1. The fourth-order valence-electron chi connectivity index (χ4n) is 1.84. The first-order valence-corrected chi connectivity index (χ1v) is 7.94. The van der Waals surface area contributed by atoms with Gasteiger partial charge in [-0.1, -0.05) is 0 Å². The lowest BCUT2D eigenvalue weighted by molar-refractivity contribution is -0.140. The minimum absolute atomic E-state index is 0.216. The summed E-state index contributed by atoms with van der Waals surface area (Å²) in [6.07, 6.45) is 1.01. The zero-order valence-electron chi connectivity index (χ0n) is 12.2. The Morgan fingerprint density at radius 1 is 1.14 bits per heavy atom. The summed E-state index contributed by atoms with van der Waals surface area (Å²) in [5.41, 5.74) is 1.07. The molecule has 21 heavy (non-hydrogen) atoms. The highest BCUT2D eigenvalue weighted by atomic mass is 35.5. The first-order chi connectivity index (χ1) is 10.2. The van der Waals surface area contributed by atoms with Gasteiger partial charge in [0.2, 0.25) is 0 Å². The number of halogens is 2. The Kier molecular flexibility index (Phi) is 9.02. The summed E-state index contributed by atoms with van der Waals surface area (Å²) in [7, 11) is 1.38. The van der Waals surface area contributed by atoms with Crippen molar-refractivity contribution in [2.24, 2.45) is 0 Å². The molecule has 0 aliphatic heterocycles. The smallest absolute Gasteiger partial charge is 0.305 e. The molecule has 0 atom stereocenters. The molecular weight excluding hydrogens is 313 g/mol. The van der Waals surface area contributed by atoms with Gasteiger partial charge in [-0.3, -0.25) is 4.79 Å². The summed E-state index contributed by atoms with van der Waals surface area (Å²) in [5, 5.41) is 0. The summed E-state index contributed by atoms with van der Waals surface area (Å²) >= 11 is 11.6. The fourth-order valence-corrected chi connectivity index (χ4v) is 2.24. The van der Waals surface area contributed by atoms with Gasteiger partial charge in [0.05, 0.1) is 13.7 Å². The molecule has 1 rings (SSSR count). The van der Waals surface area contributed by atoms with Crippen LogP contribution >= 0.6 is 23.2 Å². The lowest BCUT2D eigenvalue weighted by Gasteiger charge is -2.23. The van der Waals surface area contributed by atoms with Crippen molar-refractivity contribution < 1.29 is 14.3 Å². The van der Waals surface area contributed by atoms with Gasteiger partial charge in [-0.15, -0.1) is 23.2 Å². The van der Waals surface area contributed by atoms with Gasteiger partial charge in [-0.2, -0.15) is 0 Å². The maximum Gasteiger partial charge on any atom is 0.305 e. The topological polar surface area (TPSA) is 38.8 Å². The lowest BCUT2D eigenvalue weighted by atomic mass is 10.2. The quantitative estimate of drug-likeness (QED) is 0.374. The molecule has 0 N–H and O–H groups in total. The van der Waals surface area contributed by atoms with E-state index in [2.05, 4.69) is 9.64 Å². The van der Waals surface area contributed by atoms with Crippen molar-refractivity contribution in [3.8, 4) is 5.75 Å². The molecule has 118 valence electrons. The molecular formula is C15H21Cl2NO3. The van der Waals surface area contributed by atoms with Crippen molar-refractivity contribution in [3.05, 3.63) is 24.3 Å². The van der Waals surface area contributed by atoms with Crippen molar-refractivity contribution in [2.45, 2.75) is 12.8 Å². The Bertz CT molecular complexity index is 406. The van der Waals surface area contributed by atoms with Crippen LogP contribution in [0.5, 0.6) is 5.75 Å². The molecule has 0 unspecified atom stereocenters. The zero-order valence-corrected chi connectivity index (χ0v) is 13.7.